The predicted molar refractivity (Wildman–Crippen MR) is 103 cm³/mol. The number of fused-ring (bicyclic) bond motifs is 1. The molecular formula is C19H21BrN2O3. The molecular weight excluding hydrogens is 384 g/mol. The van der Waals surface area contributed by atoms with Crippen molar-refractivity contribution in [3.05, 3.63) is 52.1 Å². The zero-order chi connectivity index (χ0) is 17.8. The van der Waals surface area contributed by atoms with E-state index in [1.807, 2.05) is 24.4 Å². The third-order valence-electron chi connectivity index (χ3n) is 4.10. The summed E-state index contributed by atoms with van der Waals surface area (Å²) in [6.07, 6.45) is 2.04. The molecule has 0 spiro atoms. The van der Waals surface area contributed by atoms with Crippen LogP contribution in [0.5, 0.6) is 17.2 Å². The van der Waals surface area contributed by atoms with Crippen molar-refractivity contribution in [1.82, 2.24) is 10.3 Å². The zero-order valence-electron chi connectivity index (χ0n) is 14.5. The van der Waals surface area contributed by atoms with Gasteiger partial charge in [-0.25, -0.2) is 0 Å². The van der Waals surface area contributed by atoms with Crippen LogP contribution in [0.2, 0.25) is 0 Å². The molecule has 0 bridgehead atoms. The van der Waals surface area contributed by atoms with E-state index in [9.17, 15) is 0 Å². The van der Waals surface area contributed by atoms with Crippen LogP contribution in [0.4, 0.5) is 0 Å². The van der Waals surface area contributed by atoms with Crippen LogP contribution in [-0.4, -0.2) is 26.3 Å². The number of nitrogens with one attached hydrogen (secondary N) is 2. The Morgan fingerprint density at radius 1 is 0.960 bits per heavy atom. The van der Waals surface area contributed by atoms with Gasteiger partial charge in [0.1, 0.15) is 0 Å². The van der Waals surface area contributed by atoms with E-state index in [1.54, 1.807) is 21.3 Å². The average Bonchev–Trinajstić information content (AvgIpc) is 3.03. The number of rotatable bonds is 7. The number of hydrogen-bond acceptors (Lipinski definition) is 4. The molecule has 2 aromatic carbocycles. The average molecular weight is 405 g/mol. The second-order valence-corrected chi connectivity index (χ2v) is 6.56. The molecule has 25 heavy (non-hydrogen) atoms. The number of benzene rings is 2. The standard InChI is InChI=1S/C19H21BrN2O3/c1-23-17-6-12(7-18(24-2)19(17)25-3)9-21-10-13-11-22-16-5-4-14(20)8-15(13)16/h4-8,11,21-22H,9-10H2,1-3H3. The van der Waals surface area contributed by atoms with Gasteiger partial charge in [-0.05, 0) is 41.5 Å². The summed E-state index contributed by atoms with van der Waals surface area (Å²) < 4.78 is 17.2. The first-order valence-corrected chi connectivity index (χ1v) is 8.70. The fourth-order valence-electron chi connectivity index (χ4n) is 2.88. The fraction of sp³-hybridized carbons (Fsp3) is 0.263. The van der Waals surface area contributed by atoms with E-state index < -0.39 is 0 Å². The van der Waals surface area contributed by atoms with Crippen molar-refractivity contribution in [3.63, 3.8) is 0 Å². The topological polar surface area (TPSA) is 55.5 Å². The molecule has 0 fully saturated rings. The van der Waals surface area contributed by atoms with Gasteiger partial charge in [-0.15, -0.1) is 0 Å². The SMILES string of the molecule is COc1cc(CNCc2c[nH]c3ccc(Br)cc23)cc(OC)c1OC. The molecule has 0 radical (unpaired) electrons. The minimum absolute atomic E-state index is 0.607. The zero-order valence-corrected chi connectivity index (χ0v) is 16.1. The van der Waals surface area contributed by atoms with E-state index in [-0.39, 0.29) is 0 Å². The third kappa shape index (κ3) is 3.75. The summed E-state index contributed by atoms with van der Waals surface area (Å²) >= 11 is 3.53. The highest BCUT2D eigenvalue weighted by molar-refractivity contribution is 9.10. The lowest BCUT2D eigenvalue weighted by molar-refractivity contribution is 0.323. The summed E-state index contributed by atoms with van der Waals surface area (Å²) in [5.41, 5.74) is 3.42. The first-order valence-electron chi connectivity index (χ1n) is 7.91. The first-order chi connectivity index (χ1) is 12.2. The van der Waals surface area contributed by atoms with Crippen molar-refractivity contribution in [3.8, 4) is 17.2 Å². The maximum atomic E-state index is 5.40. The predicted octanol–water partition coefficient (Wildman–Crippen LogP) is 4.25. The van der Waals surface area contributed by atoms with Gasteiger partial charge in [0.25, 0.3) is 0 Å². The monoisotopic (exact) mass is 404 g/mol. The van der Waals surface area contributed by atoms with E-state index in [0.29, 0.717) is 23.8 Å². The van der Waals surface area contributed by atoms with Gasteiger partial charge in [0.2, 0.25) is 5.75 Å². The Morgan fingerprint density at radius 2 is 1.68 bits per heavy atom. The highest BCUT2D eigenvalue weighted by Gasteiger charge is 2.13. The summed E-state index contributed by atoms with van der Waals surface area (Å²) in [6.45, 7) is 1.45. The van der Waals surface area contributed by atoms with Crippen LogP contribution >= 0.6 is 15.9 Å². The maximum absolute atomic E-state index is 5.40. The quantitative estimate of drug-likeness (QED) is 0.617. The van der Waals surface area contributed by atoms with Crippen LogP contribution in [0.25, 0.3) is 10.9 Å². The van der Waals surface area contributed by atoms with Gasteiger partial charge < -0.3 is 24.5 Å². The normalized spacial score (nSPS) is 10.9. The van der Waals surface area contributed by atoms with Crippen molar-refractivity contribution in [1.29, 1.82) is 0 Å². The van der Waals surface area contributed by atoms with Crippen molar-refractivity contribution in [2.75, 3.05) is 21.3 Å². The summed E-state index contributed by atoms with van der Waals surface area (Å²) in [5, 5.41) is 4.68. The molecule has 5 nitrogen and oxygen atoms in total. The molecule has 0 saturated carbocycles. The molecule has 3 rings (SSSR count). The van der Waals surface area contributed by atoms with Gasteiger partial charge in [0, 0.05) is 34.7 Å². The number of halogens is 1. The van der Waals surface area contributed by atoms with E-state index in [4.69, 9.17) is 14.2 Å². The number of ether oxygens (including phenoxy) is 3. The minimum Gasteiger partial charge on any atom is -0.493 e. The molecule has 3 aromatic rings. The van der Waals surface area contributed by atoms with Crippen LogP contribution in [0.1, 0.15) is 11.1 Å². The molecule has 0 aliphatic carbocycles. The molecule has 0 aliphatic rings. The van der Waals surface area contributed by atoms with Crippen LogP contribution in [-0.2, 0) is 13.1 Å². The van der Waals surface area contributed by atoms with E-state index in [1.165, 1.54) is 10.9 Å². The number of hydrogen-bond donors (Lipinski definition) is 2. The highest BCUT2D eigenvalue weighted by atomic mass is 79.9. The van der Waals surface area contributed by atoms with Gasteiger partial charge in [-0.1, -0.05) is 15.9 Å². The smallest absolute Gasteiger partial charge is 0.203 e. The lowest BCUT2D eigenvalue weighted by atomic mass is 10.1. The molecule has 0 atom stereocenters. The largest absolute Gasteiger partial charge is 0.493 e. The molecule has 0 saturated heterocycles. The van der Waals surface area contributed by atoms with Crippen LogP contribution < -0.4 is 19.5 Å². The fourth-order valence-corrected chi connectivity index (χ4v) is 3.24. The highest BCUT2D eigenvalue weighted by Crippen LogP contribution is 2.38. The molecule has 6 heteroatoms. The Bertz CT molecular complexity index is 851. The lowest BCUT2D eigenvalue weighted by Crippen LogP contribution is -2.12. The number of aromatic amines is 1. The van der Waals surface area contributed by atoms with Gasteiger partial charge in [0.05, 0.1) is 21.3 Å². The maximum Gasteiger partial charge on any atom is 0.203 e. The number of H-pyrrole nitrogens is 1. The lowest BCUT2D eigenvalue weighted by Gasteiger charge is -2.14. The molecule has 1 aromatic heterocycles. The van der Waals surface area contributed by atoms with Crippen molar-refractivity contribution < 1.29 is 14.2 Å². The molecule has 2 N–H and O–H groups in total. The van der Waals surface area contributed by atoms with Crippen LogP contribution in [0.3, 0.4) is 0 Å². The summed E-state index contributed by atoms with van der Waals surface area (Å²) in [7, 11) is 4.85. The van der Waals surface area contributed by atoms with Gasteiger partial charge in [-0.2, -0.15) is 0 Å². The molecule has 0 unspecified atom stereocenters. The van der Waals surface area contributed by atoms with Crippen molar-refractivity contribution in [2.45, 2.75) is 13.1 Å². The van der Waals surface area contributed by atoms with Crippen molar-refractivity contribution in [2.24, 2.45) is 0 Å². The second-order valence-electron chi connectivity index (χ2n) is 5.64. The Kier molecular flexibility index (Phi) is 5.50. The van der Waals surface area contributed by atoms with E-state index in [2.05, 4.69) is 38.4 Å². The Labute approximate surface area is 155 Å². The molecule has 0 amide bonds. The van der Waals surface area contributed by atoms with E-state index in [0.717, 1.165) is 22.1 Å². The summed E-state index contributed by atoms with van der Waals surface area (Å²) in [5.74, 6) is 1.93. The Balaban J connectivity index is 1.74. The Hall–Kier alpha value is -2.18. The van der Waals surface area contributed by atoms with Gasteiger partial charge in [-0.3, -0.25) is 0 Å². The second kappa shape index (κ2) is 7.80. The van der Waals surface area contributed by atoms with Gasteiger partial charge >= 0.3 is 0 Å². The van der Waals surface area contributed by atoms with Gasteiger partial charge in [0.15, 0.2) is 11.5 Å². The molecule has 132 valence electrons. The van der Waals surface area contributed by atoms with E-state index >= 15 is 0 Å². The summed E-state index contributed by atoms with van der Waals surface area (Å²) in [4.78, 5) is 3.30. The minimum atomic E-state index is 0.607. The number of methoxy groups -OCH3 is 3. The molecule has 0 aliphatic heterocycles. The van der Waals surface area contributed by atoms with Crippen LogP contribution in [0, 0.1) is 0 Å². The van der Waals surface area contributed by atoms with Crippen molar-refractivity contribution >= 4 is 26.8 Å². The molecule has 1 heterocycles. The van der Waals surface area contributed by atoms with Crippen LogP contribution in [0.15, 0.2) is 41.0 Å². The summed E-state index contributed by atoms with van der Waals surface area (Å²) in [6, 6.07) is 10.1. The first kappa shape index (κ1) is 17.6. The number of aromatic nitrogens is 1. The third-order valence-corrected chi connectivity index (χ3v) is 4.59. The Morgan fingerprint density at radius 3 is 2.32 bits per heavy atom.